The fourth-order valence-corrected chi connectivity index (χ4v) is 1.83. The first kappa shape index (κ1) is 20.4. The molecule has 0 radical (unpaired) electrons. The maximum absolute atomic E-state index is 2.23. The quantitative estimate of drug-likeness (QED) is 0.526. The van der Waals surface area contributed by atoms with Crippen LogP contribution < -0.4 is 0 Å². The zero-order chi connectivity index (χ0) is 16.8. The van der Waals surface area contributed by atoms with Crippen LogP contribution in [-0.4, -0.2) is 0 Å². The molecule has 0 N–H and O–H groups in total. The van der Waals surface area contributed by atoms with Gasteiger partial charge in [-0.05, 0) is 49.9 Å². The van der Waals surface area contributed by atoms with Crippen LogP contribution in [0.4, 0.5) is 0 Å². The Morgan fingerprint density at radius 1 is 0.500 bits per heavy atom. The number of hydrogen-bond acceptors (Lipinski definition) is 0. The van der Waals surface area contributed by atoms with Crippen molar-refractivity contribution in [3.8, 4) is 0 Å². The van der Waals surface area contributed by atoms with E-state index in [2.05, 4.69) is 90.1 Å². The molecule has 2 rings (SSSR count). The molecule has 0 aromatic heterocycles. The van der Waals surface area contributed by atoms with Crippen molar-refractivity contribution in [2.75, 3.05) is 0 Å². The average Bonchev–Trinajstić information content (AvgIpc) is 2.52. The van der Waals surface area contributed by atoms with Crippen LogP contribution in [0.25, 0.3) is 0 Å². The van der Waals surface area contributed by atoms with Gasteiger partial charge >= 0.3 is 0 Å². The smallest absolute Gasteiger partial charge is 0.0395 e. The predicted octanol–water partition coefficient (Wildman–Crippen LogP) is 7.19. The highest BCUT2D eigenvalue weighted by Crippen LogP contribution is 2.03. The summed E-state index contributed by atoms with van der Waals surface area (Å²) in [7, 11) is 0. The Bertz CT molecular complexity index is 407. The van der Waals surface area contributed by atoms with E-state index >= 15 is 0 Å². The molecule has 2 aromatic carbocycles. The molecule has 2 aromatic rings. The molecule has 0 spiro atoms. The van der Waals surface area contributed by atoms with Gasteiger partial charge in [-0.25, -0.2) is 0 Å². The number of rotatable bonds is 3. The topological polar surface area (TPSA) is 0 Å². The lowest BCUT2D eigenvalue weighted by atomic mass is 10.1. The third-order valence-electron chi connectivity index (χ3n) is 3.81. The summed E-state index contributed by atoms with van der Waals surface area (Å²) in [5.41, 5.74) is 5.47. The first-order valence-corrected chi connectivity index (χ1v) is 8.57. The van der Waals surface area contributed by atoms with Gasteiger partial charge in [0.05, 0.1) is 0 Å². The second-order valence-corrected chi connectivity index (χ2v) is 5.88. The molecule has 122 valence electrons. The maximum atomic E-state index is 2.23. The van der Waals surface area contributed by atoms with Gasteiger partial charge in [0.1, 0.15) is 0 Å². The number of aryl methyl sites for hydroxylation is 4. The van der Waals surface area contributed by atoms with Crippen molar-refractivity contribution < 1.29 is 0 Å². The second kappa shape index (κ2) is 13.1. The Balaban J connectivity index is 0.000000306. The standard InChI is InChI=1S/2C8H10.C6H14/c2*1-7-5-3-4-6-8(7)2;1-3-5-6-4-2/h2*3-6H,1-2H3;3-6H2,1-2H3. The molecule has 0 heteroatoms. The third-order valence-corrected chi connectivity index (χ3v) is 3.81. The minimum absolute atomic E-state index is 1.36. The van der Waals surface area contributed by atoms with Gasteiger partial charge in [-0.3, -0.25) is 0 Å². The molecular formula is C22H34. The summed E-state index contributed by atoms with van der Waals surface area (Å²) in [6.07, 6.45) is 5.54. The highest BCUT2D eigenvalue weighted by Gasteiger charge is 1.84. The van der Waals surface area contributed by atoms with Crippen molar-refractivity contribution in [2.24, 2.45) is 0 Å². The van der Waals surface area contributed by atoms with Gasteiger partial charge in [-0.15, -0.1) is 0 Å². The van der Waals surface area contributed by atoms with Crippen LogP contribution in [0.1, 0.15) is 61.8 Å². The van der Waals surface area contributed by atoms with Gasteiger partial charge in [0.25, 0.3) is 0 Å². The van der Waals surface area contributed by atoms with E-state index < -0.39 is 0 Å². The van der Waals surface area contributed by atoms with Crippen LogP contribution >= 0.6 is 0 Å². The zero-order valence-electron chi connectivity index (χ0n) is 15.4. The Morgan fingerprint density at radius 2 is 0.727 bits per heavy atom. The molecule has 0 nitrogen and oxygen atoms in total. The molecule has 22 heavy (non-hydrogen) atoms. The largest absolute Gasteiger partial charge is 0.0654 e. The molecule has 0 unspecified atom stereocenters. The average molecular weight is 299 g/mol. The summed E-state index contributed by atoms with van der Waals surface area (Å²) in [6, 6.07) is 16.7. The van der Waals surface area contributed by atoms with Crippen molar-refractivity contribution >= 4 is 0 Å². The van der Waals surface area contributed by atoms with Gasteiger partial charge in [0.15, 0.2) is 0 Å². The molecule has 0 aliphatic heterocycles. The summed E-state index contributed by atoms with van der Waals surface area (Å²) in [5.74, 6) is 0. The summed E-state index contributed by atoms with van der Waals surface area (Å²) in [5, 5.41) is 0. The molecule has 0 aliphatic rings. The molecule has 0 saturated carbocycles. The van der Waals surface area contributed by atoms with E-state index in [1.807, 2.05) is 0 Å². The van der Waals surface area contributed by atoms with Crippen LogP contribution in [0, 0.1) is 27.7 Å². The Hall–Kier alpha value is -1.56. The van der Waals surface area contributed by atoms with Gasteiger partial charge in [0.2, 0.25) is 0 Å². The molecule has 0 aliphatic carbocycles. The van der Waals surface area contributed by atoms with E-state index in [1.165, 1.54) is 47.9 Å². The Kier molecular flexibility index (Phi) is 12.2. The van der Waals surface area contributed by atoms with E-state index in [1.54, 1.807) is 0 Å². The molecule has 0 heterocycles. The fraction of sp³-hybridized carbons (Fsp3) is 0.455. The third kappa shape index (κ3) is 10.2. The second-order valence-electron chi connectivity index (χ2n) is 5.88. The molecule has 0 saturated heterocycles. The number of hydrogen-bond donors (Lipinski definition) is 0. The first-order valence-electron chi connectivity index (χ1n) is 8.57. The van der Waals surface area contributed by atoms with Crippen LogP contribution in [-0.2, 0) is 0 Å². The van der Waals surface area contributed by atoms with Gasteiger partial charge in [-0.2, -0.15) is 0 Å². The first-order chi connectivity index (χ1) is 10.5. The van der Waals surface area contributed by atoms with E-state index in [0.29, 0.717) is 0 Å². The molecular weight excluding hydrogens is 264 g/mol. The van der Waals surface area contributed by atoms with Crippen LogP contribution in [0.15, 0.2) is 48.5 Å². The van der Waals surface area contributed by atoms with E-state index in [9.17, 15) is 0 Å². The highest BCUT2D eigenvalue weighted by atomic mass is 13.9. The van der Waals surface area contributed by atoms with Gasteiger partial charge in [-0.1, -0.05) is 88.1 Å². The Labute approximate surface area is 138 Å². The Morgan fingerprint density at radius 3 is 0.864 bits per heavy atom. The lowest BCUT2D eigenvalue weighted by Gasteiger charge is -1.93. The van der Waals surface area contributed by atoms with Crippen molar-refractivity contribution in [2.45, 2.75) is 67.2 Å². The van der Waals surface area contributed by atoms with Crippen molar-refractivity contribution in [3.05, 3.63) is 70.8 Å². The normalized spacial score (nSPS) is 9.18. The monoisotopic (exact) mass is 298 g/mol. The fourth-order valence-electron chi connectivity index (χ4n) is 1.83. The van der Waals surface area contributed by atoms with Crippen molar-refractivity contribution in [3.63, 3.8) is 0 Å². The van der Waals surface area contributed by atoms with Crippen molar-refractivity contribution in [1.82, 2.24) is 0 Å². The molecule has 0 amide bonds. The lowest BCUT2D eigenvalue weighted by Crippen LogP contribution is -1.74. The minimum atomic E-state index is 1.36. The van der Waals surface area contributed by atoms with Crippen LogP contribution in [0.5, 0.6) is 0 Å². The summed E-state index contributed by atoms with van der Waals surface area (Å²) >= 11 is 0. The van der Waals surface area contributed by atoms with E-state index in [0.717, 1.165) is 0 Å². The number of unbranched alkanes of at least 4 members (excludes halogenated alkanes) is 3. The molecule has 0 fully saturated rings. The molecule has 0 bridgehead atoms. The predicted molar refractivity (Wildman–Crippen MR) is 102 cm³/mol. The number of benzene rings is 2. The highest BCUT2D eigenvalue weighted by molar-refractivity contribution is 5.23. The lowest BCUT2D eigenvalue weighted by molar-refractivity contribution is 0.702. The van der Waals surface area contributed by atoms with Gasteiger partial charge < -0.3 is 0 Å². The SMILES string of the molecule is CCCCCC.Cc1ccccc1C.Cc1ccccc1C. The summed E-state index contributed by atoms with van der Waals surface area (Å²) in [4.78, 5) is 0. The van der Waals surface area contributed by atoms with Crippen LogP contribution in [0.2, 0.25) is 0 Å². The maximum Gasteiger partial charge on any atom is -0.0395 e. The van der Waals surface area contributed by atoms with Crippen molar-refractivity contribution in [1.29, 1.82) is 0 Å². The van der Waals surface area contributed by atoms with E-state index in [4.69, 9.17) is 0 Å². The van der Waals surface area contributed by atoms with Crippen LogP contribution in [0.3, 0.4) is 0 Å². The summed E-state index contributed by atoms with van der Waals surface area (Å²) in [6.45, 7) is 12.9. The van der Waals surface area contributed by atoms with E-state index in [-0.39, 0.29) is 0 Å². The summed E-state index contributed by atoms with van der Waals surface area (Å²) < 4.78 is 0. The minimum Gasteiger partial charge on any atom is -0.0654 e. The van der Waals surface area contributed by atoms with Gasteiger partial charge in [0, 0.05) is 0 Å². The zero-order valence-corrected chi connectivity index (χ0v) is 15.4. The molecule has 0 atom stereocenters.